The molecule has 0 rings (SSSR count). The third kappa shape index (κ3) is 72.8. The van der Waals surface area contributed by atoms with Crippen LogP contribution in [0.3, 0.4) is 0 Å². The summed E-state index contributed by atoms with van der Waals surface area (Å²) in [4.78, 5) is 72.9. The SMILES string of the molecule is CCC(C)CCCCCCCCCCCCCCCCCCCCC(=O)O[C@H](COC(=O)CCCCCCCCCCCC(C)C)COP(=O)(O)OCC(O)COP(=O)(O)OC[C@@H](COC(=O)CCCCCCCCCC(C)C)OC(=O)CCCCCCCCCCCCCCC(C)C. The van der Waals surface area contributed by atoms with E-state index < -0.39 is 97.5 Å². The molecule has 0 amide bonds. The molecule has 0 fully saturated rings. The Kier molecular flexibility index (Phi) is 67.8. The van der Waals surface area contributed by atoms with E-state index in [1.54, 1.807) is 0 Å². The van der Waals surface area contributed by atoms with Gasteiger partial charge in [0, 0.05) is 25.7 Å². The van der Waals surface area contributed by atoms with Gasteiger partial charge in [0.25, 0.3) is 0 Å². The van der Waals surface area contributed by atoms with Gasteiger partial charge < -0.3 is 33.8 Å². The number of esters is 4. The first-order valence-electron chi connectivity index (χ1n) is 41.2. The van der Waals surface area contributed by atoms with Gasteiger partial charge in [-0.05, 0) is 49.4 Å². The van der Waals surface area contributed by atoms with Crippen LogP contribution in [0.2, 0.25) is 0 Å². The molecule has 3 N–H and O–H groups in total. The summed E-state index contributed by atoms with van der Waals surface area (Å²) >= 11 is 0. The number of aliphatic hydroxyl groups excluding tert-OH is 1. The number of ether oxygens (including phenoxy) is 4. The number of carbonyl (C=O) groups is 4. The van der Waals surface area contributed by atoms with Gasteiger partial charge in [-0.15, -0.1) is 0 Å². The number of phosphoric acid groups is 2. The third-order valence-corrected chi connectivity index (χ3v) is 20.8. The summed E-state index contributed by atoms with van der Waals surface area (Å²) in [6.07, 6.45) is 55.6. The number of aliphatic hydroxyl groups is 1. The van der Waals surface area contributed by atoms with Crippen LogP contribution < -0.4 is 0 Å². The lowest BCUT2D eigenvalue weighted by atomic mass is 9.99. The van der Waals surface area contributed by atoms with E-state index in [4.69, 9.17) is 37.0 Å². The summed E-state index contributed by atoms with van der Waals surface area (Å²) in [6.45, 7) is 14.2. The van der Waals surface area contributed by atoms with Gasteiger partial charge in [-0.1, -0.05) is 357 Å². The highest BCUT2D eigenvalue weighted by Gasteiger charge is 2.30. The van der Waals surface area contributed by atoms with Crippen LogP contribution in [0.1, 0.15) is 409 Å². The van der Waals surface area contributed by atoms with Crippen molar-refractivity contribution in [2.24, 2.45) is 23.7 Å². The van der Waals surface area contributed by atoms with E-state index in [1.807, 2.05) is 0 Å². The van der Waals surface area contributed by atoms with Crippen LogP contribution in [0.15, 0.2) is 0 Å². The molecule has 0 aliphatic carbocycles. The fourth-order valence-electron chi connectivity index (χ4n) is 12.2. The maximum absolute atomic E-state index is 13.1. The molecule has 0 spiro atoms. The first-order chi connectivity index (χ1) is 47.6. The smallest absolute Gasteiger partial charge is 0.462 e. The number of carbonyl (C=O) groups excluding carboxylic acids is 4. The largest absolute Gasteiger partial charge is 0.472 e. The maximum Gasteiger partial charge on any atom is 0.472 e. The summed E-state index contributed by atoms with van der Waals surface area (Å²) in [5, 5.41) is 10.6. The van der Waals surface area contributed by atoms with Crippen LogP contribution >= 0.6 is 15.6 Å². The molecule has 588 valence electrons. The van der Waals surface area contributed by atoms with Crippen molar-refractivity contribution in [1.29, 1.82) is 0 Å². The van der Waals surface area contributed by atoms with Gasteiger partial charge in [0.05, 0.1) is 26.4 Å². The molecule has 6 atom stereocenters. The molecule has 0 aliphatic rings. The average molecular weight is 1450 g/mol. The second-order valence-electron chi connectivity index (χ2n) is 30.5. The quantitative estimate of drug-likeness (QED) is 0.0222. The van der Waals surface area contributed by atoms with Crippen molar-refractivity contribution in [3.05, 3.63) is 0 Å². The molecule has 0 aromatic heterocycles. The lowest BCUT2D eigenvalue weighted by Crippen LogP contribution is -2.30. The highest BCUT2D eigenvalue weighted by Crippen LogP contribution is 2.45. The first-order valence-corrected chi connectivity index (χ1v) is 44.2. The second-order valence-corrected chi connectivity index (χ2v) is 33.4. The summed E-state index contributed by atoms with van der Waals surface area (Å²) in [7, 11) is -9.92. The standard InChI is InChI=1S/C80H156O17P2/c1-9-73(8)59-51-43-35-27-21-16-14-12-10-11-13-15-17-22-28-37-46-54-62-79(84)96-75(66-90-77(82)60-52-44-36-30-24-26-33-41-49-57-71(4)5)68-94-98(86,87)92-64-74(81)65-93-99(88,89)95-69-76(67-91-78(83)61-53-45-39-31-34-42-50-58-72(6)7)97-80(85)63-55-47-38-29-23-19-18-20-25-32-40-48-56-70(2)3/h70-76,81H,9-69H2,1-8H3,(H,86,87)(H,88,89)/t73?,74?,75-,76-/m1/s1. The summed E-state index contributed by atoms with van der Waals surface area (Å²) in [5.74, 6) is 0.979. The number of phosphoric ester groups is 2. The Hall–Kier alpha value is -1.94. The van der Waals surface area contributed by atoms with Crippen molar-refractivity contribution in [2.75, 3.05) is 39.6 Å². The zero-order valence-electron chi connectivity index (χ0n) is 65.1. The Morgan fingerprint density at radius 3 is 0.717 bits per heavy atom. The zero-order valence-corrected chi connectivity index (χ0v) is 66.9. The highest BCUT2D eigenvalue weighted by molar-refractivity contribution is 7.47. The van der Waals surface area contributed by atoms with Crippen LogP contribution in [-0.4, -0.2) is 96.7 Å². The van der Waals surface area contributed by atoms with Gasteiger partial charge in [-0.3, -0.25) is 37.3 Å². The molecule has 0 bridgehead atoms. The van der Waals surface area contributed by atoms with E-state index in [9.17, 15) is 43.2 Å². The number of hydrogen-bond donors (Lipinski definition) is 3. The predicted octanol–water partition coefficient (Wildman–Crippen LogP) is 23.6. The van der Waals surface area contributed by atoms with Gasteiger partial charge in [0.2, 0.25) is 0 Å². The molecule has 99 heavy (non-hydrogen) atoms. The topological polar surface area (TPSA) is 237 Å². The van der Waals surface area contributed by atoms with Crippen molar-refractivity contribution in [3.63, 3.8) is 0 Å². The molecule has 0 heterocycles. The number of unbranched alkanes of at least 4 members (excludes halogenated alkanes) is 42. The van der Waals surface area contributed by atoms with Crippen LogP contribution in [0.25, 0.3) is 0 Å². The van der Waals surface area contributed by atoms with E-state index >= 15 is 0 Å². The first kappa shape index (κ1) is 97.1. The van der Waals surface area contributed by atoms with Gasteiger partial charge in [-0.25, -0.2) is 9.13 Å². The van der Waals surface area contributed by atoms with E-state index in [0.29, 0.717) is 31.6 Å². The van der Waals surface area contributed by atoms with Crippen LogP contribution in [0, 0.1) is 23.7 Å². The van der Waals surface area contributed by atoms with Crippen molar-refractivity contribution in [1.82, 2.24) is 0 Å². The lowest BCUT2D eigenvalue weighted by molar-refractivity contribution is -0.161. The second kappa shape index (κ2) is 69.1. The molecule has 19 heteroatoms. The van der Waals surface area contributed by atoms with Crippen LogP contribution in [0.5, 0.6) is 0 Å². The monoisotopic (exact) mass is 1450 g/mol. The van der Waals surface area contributed by atoms with Crippen molar-refractivity contribution in [3.8, 4) is 0 Å². The van der Waals surface area contributed by atoms with E-state index in [0.717, 1.165) is 114 Å². The van der Waals surface area contributed by atoms with E-state index in [2.05, 4.69) is 55.4 Å². The van der Waals surface area contributed by atoms with Crippen molar-refractivity contribution < 1.29 is 80.2 Å². The number of rotatable bonds is 77. The fourth-order valence-corrected chi connectivity index (χ4v) is 13.8. The molecule has 0 saturated heterocycles. The van der Waals surface area contributed by atoms with Crippen molar-refractivity contribution in [2.45, 2.75) is 427 Å². The summed E-state index contributed by atoms with van der Waals surface area (Å²) < 4.78 is 68.6. The molecule has 0 aliphatic heterocycles. The minimum absolute atomic E-state index is 0.106. The van der Waals surface area contributed by atoms with Gasteiger partial charge in [0.15, 0.2) is 12.2 Å². The van der Waals surface area contributed by atoms with Gasteiger partial charge in [-0.2, -0.15) is 0 Å². The lowest BCUT2D eigenvalue weighted by Gasteiger charge is -2.21. The summed E-state index contributed by atoms with van der Waals surface area (Å²) in [6, 6.07) is 0. The normalized spacial score (nSPS) is 14.3. The van der Waals surface area contributed by atoms with Crippen LogP contribution in [-0.2, 0) is 65.4 Å². The average Bonchev–Trinajstić information content (AvgIpc) is 0.972. The molecule has 4 unspecified atom stereocenters. The Bertz CT molecular complexity index is 1940. The Balaban J connectivity index is 5.20. The Morgan fingerprint density at radius 2 is 0.485 bits per heavy atom. The Morgan fingerprint density at radius 1 is 0.283 bits per heavy atom. The predicted molar refractivity (Wildman–Crippen MR) is 404 cm³/mol. The molecular weight excluding hydrogens is 1290 g/mol. The van der Waals surface area contributed by atoms with Gasteiger partial charge in [0.1, 0.15) is 19.3 Å². The van der Waals surface area contributed by atoms with Crippen LogP contribution in [0.4, 0.5) is 0 Å². The fraction of sp³-hybridized carbons (Fsp3) is 0.950. The molecule has 0 saturated carbocycles. The van der Waals surface area contributed by atoms with E-state index in [-0.39, 0.29) is 25.7 Å². The molecular formula is C80H156O17P2. The van der Waals surface area contributed by atoms with Gasteiger partial charge >= 0.3 is 39.5 Å². The van der Waals surface area contributed by atoms with E-state index in [1.165, 1.54) is 205 Å². The molecule has 0 aromatic carbocycles. The number of hydrogen-bond acceptors (Lipinski definition) is 15. The minimum Gasteiger partial charge on any atom is -0.462 e. The highest BCUT2D eigenvalue weighted by atomic mass is 31.2. The maximum atomic E-state index is 13.1. The summed E-state index contributed by atoms with van der Waals surface area (Å²) in [5.41, 5.74) is 0. The molecule has 0 aromatic rings. The Labute approximate surface area is 607 Å². The molecule has 17 nitrogen and oxygen atoms in total. The minimum atomic E-state index is -4.96. The van der Waals surface area contributed by atoms with Crippen molar-refractivity contribution >= 4 is 39.5 Å². The zero-order chi connectivity index (χ0) is 73.1. The molecule has 0 radical (unpaired) electrons. The third-order valence-electron chi connectivity index (χ3n) is 18.9.